The third-order valence-electron chi connectivity index (χ3n) is 5.55. The molecule has 4 rings (SSSR count). The molecule has 1 fully saturated rings. The summed E-state index contributed by atoms with van der Waals surface area (Å²) in [6.07, 6.45) is 2.55. The van der Waals surface area contributed by atoms with E-state index in [1.54, 1.807) is 31.2 Å². The van der Waals surface area contributed by atoms with Gasteiger partial charge in [0, 0.05) is 18.8 Å². The summed E-state index contributed by atoms with van der Waals surface area (Å²) in [7, 11) is 0. The van der Waals surface area contributed by atoms with Gasteiger partial charge in [-0.2, -0.15) is 10.2 Å². The maximum Gasteiger partial charge on any atom is 0.338 e. The van der Waals surface area contributed by atoms with Crippen molar-refractivity contribution >= 4 is 34.4 Å². The number of carbonyl (C=O) groups is 1. The van der Waals surface area contributed by atoms with Crippen molar-refractivity contribution in [3.05, 3.63) is 77.9 Å². The van der Waals surface area contributed by atoms with E-state index in [0.717, 1.165) is 35.7 Å². The molecular weight excluding hydrogens is 414 g/mol. The largest absolute Gasteiger partial charge is 0.462 e. The molecule has 2 N–H and O–H groups in total. The molecule has 33 heavy (non-hydrogen) atoms. The van der Waals surface area contributed by atoms with Gasteiger partial charge in [0.25, 0.3) is 0 Å². The van der Waals surface area contributed by atoms with Crippen LogP contribution in [0.4, 0.5) is 28.4 Å². The second kappa shape index (κ2) is 10.6. The van der Waals surface area contributed by atoms with Gasteiger partial charge in [-0.05, 0) is 99.0 Å². The minimum Gasteiger partial charge on any atom is -0.462 e. The molecule has 7 nitrogen and oxygen atoms in total. The van der Waals surface area contributed by atoms with Crippen molar-refractivity contribution in [1.82, 2.24) is 0 Å². The number of ether oxygens (including phenoxy) is 1. The molecular formula is C26H29N5O2. The Labute approximate surface area is 194 Å². The van der Waals surface area contributed by atoms with Crippen molar-refractivity contribution in [1.29, 1.82) is 0 Å². The van der Waals surface area contributed by atoms with Crippen LogP contribution in [0.15, 0.2) is 77.0 Å². The van der Waals surface area contributed by atoms with Gasteiger partial charge < -0.3 is 20.5 Å². The molecule has 1 saturated heterocycles. The van der Waals surface area contributed by atoms with E-state index in [1.807, 2.05) is 25.1 Å². The smallest absolute Gasteiger partial charge is 0.338 e. The number of nitrogens with one attached hydrogen (secondary N) is 2. The van der Waals surface area contributed by atoms with Crippen molar-refractivity contribution in [2.75, 3.05) is 35.4 Å². The third-order valence-corrected chi connectivity index (χ3v) is 5.55. The monoisotopic (exact) mass is 443 g/mol. The first-order chi connectivity index (χ1) is 16.1. The molecule has 0 radical (unpaired) electrons. The Morgan fingerprint density at radius 2 is 1.58 bits per heavy atom. The molecule has 7 heteroatoms. The maximum atomic E-state index is 11.7. The number of anilines is 3. The number of esters is 1. The molecule has 0 amide bonds. The molecule has 0 unspecified atom stereocenters. The highest BCUT2D eigenvalue weighted by molar-refractivity contribution is 5.89. The standard InChI is InChI=1S/C26H29N5O2/c1-3-33-26(32)20-6-8-21(9-7-20)27-29-23-12-15-25(19(2)18-23)30-28-22-10-13-24(14-11-22)31-16-4-5-17-31/h6-15,18,28,30H,3-5,16-17H2,1-2H3/b29-27+. The molecule has 0 bridgehead atoms. The van der Waals surface area contributed by atoms with Crippen molar-refractivity contribution in [3.63, 3.8) is 0 Å². The van der Waals surface area contributed by atoms with Crippen molar-refractivity contribution < 1.29 is 9.53 Å². The van der Waals surface area contributed by atoms with E-state index in [-0.39, 0.29) is 5.97 Å². The Morgan fingerprint density at radius 1 is 0.909 bits per heavy atom. The molecule has 0 aliphatic carbocycles. The van der Waals surface area contributed by atoms with E-state index in [0.29, 0.717) is 17.9 Å². The van der Waals surface area contributed by atoms with Crippen LogP contribution in [0.2, 0.25) is 0 Å². The van der Waals surface area contributed by atoms with Crippen LogP contribution in [-0.2, 0) is 4.74 Å². The van der Waals surface area contributed by atoms with Crippen LogP contribution in [0.5, 0.6) is 0 Å². The highest BCUT2D eigenvalue weighted by Crippen LogP contribution is 2.25. The Bertz CT molecular complexity index is 1100. The van der Waals surface area contributed by atoms with Crippen LogP contribution >= 0.6 is 0 Å². The lowest BCUT2D eigenvalue weighted by atomic mass is 10.2. The average molecular weight is 444 g/mol. The number of aryl methyl sites for hydroxylation is 1. The van der Waals surface area contributed by atoms with Gasteiger partial charge in [0.2, 0.25) is 0 Å². The molecule has 1 heterocycles. The van der Waals surface area contributed by atoms with Crippen LogP contribution in [-0.4, -0.2) is 25.7 Å². The summed E-state index contributed by atoms with van der Waals surface area (Å²) < 4.78 is 4.99. The summed E-state index contributed by atoms with van der Waals surface area (Å²) in [6, 6.07) is 21.2. The lowest BCUT2D eigenvalue weighted by Gasteiger charge is -2.18. The van der Waals surface area contributed by atoms with Gasteiger partial charge in [-0.25, -0.2) is 4.79 Å². The Balaban J connectivity index is 1.33. The van der Waals surface area contributed by atoms with Crippen LogP contribution in [0.3, 0.4) is 0 Å². The van der Waals surface area contributed by atoms with Crippen LogP contribution in [0, 0.1) is 6.92 Å². The fourth-order valence-corrected chi connectivity index (χ4v) is 3.71. The maximum absolute atomic E-state index is 11.7. The topological polar surface area (TPSA) is 78.3 Å². The van der Waals surface area contributed by atoms with Gasteiger partial charge in [0.05, 0.1) is 34.9 Å². The number of hydrazine groups is 1. The van der Waals surface area contributed by atoms with E-state index >= 15 is 0 Å². The van der Waals surface area contributed by atoms with E-state index < -0.39 is 0 Å². The predicted octanol–water partition coefficient (Wildman–Crippen LogP) is 6.63. The first-order valence-corrected chi connectivity index (χ1v) is 11.3. The van der Waals surface area contributed by atoms with E-state index in [2.05, 4.69) is 50.2 Å². The van der Waals surface area contributed by atoms with Gasteiger partial charge in [-0.1, -0.05) is 0 Å². The molecule has 0 saturated carbocycles. The highest BCUT2D eigenvalue weighted by Gasteiger charge is 2.11. The molecule has 1 aliphatic heterocycles. The fraction of sp³-hybridized carbons (Fsp3) is 0.269. The second-order valence-corrected chi connectivity index (χ2v) is 7.96. The summed E-state index contributed by atoms with van der Waals surface area (Å²) in [5.41, 5.74) is 12.7. The molecule has 0 atom stereocenters. The van der Waals surface area contributed by atoms with Crippen molar-refractivity contribution in [2.45, 2.75) is 26.7 Å². The van der Waals surface area contributed by atoms with E-state index in [1.165, 1.54) is 18.5 Å². The second-order valence-electron chi connectivity index (χ2n) is 7.96. The number of hydrogen-bond donors (Lipinski definition) is 2. The number of nitrogens with zero attached hydrogens (tertiary/aromatic N) is 3. The lowest BCUT2D eigenvalue weighted by molar-refractivity contribution is 0.0526. The van der Waals surface area contributed by atoms with Gasteiger partial charge in [0.1, 0.15) is 0 Å². The minimum atomic E-state index is -0.337. The van der Waals surface area contributed by atoms with Gasteiger partial charge in [-0.15, -0.1) is 0 Å². The Kier molecular flexibility index (Phi) is 7.19. The Hall–Kier alpha value is -3.87. The Morgan fingerprint density at radius 3 is 2.24 bits per heavy atom. The van der Waals surface area contributed by atoms with Crippen LogP contribution in [0.1, 0.15) is 35.7 Å². The van der Waals surface area contributed by atoms with E-state index in [9.17, 15) is 4.79 Å². The summed E-state index contributed by atoms with van der Waals surface area (Å²) >= 11 is 0. The predicted molar refractivity (Wildman–Crippen MR) is 133 cm³/mol. The number of azo groups is 1. The number of carbonyl (C=O) groups excluding carboxylic acids is 1. The molecule has 1 aliphatic rings. The molecule has 3 aromatic rings. The molecule has 3 aromatic carbocycles. The number of benzene rings is 3. The zero-order chi connectivity index (χ0) is 23.0. The van der Waals surface area contributed by atoms with Gasteiger partial charge >= 0.3 is 5.97 Å². The first kappa shape index (κ1) is 22.3. The third kappa shape index (κ3) is 5.88. The fourth-order valence-electron chi connectivity index (χ4n) is 3.71. The SMILES string of the molecule is CCOC(=O)c1ccc(/N=N/c2ccc(NNc3ccc(N4CCCC4)cc3)c(C)c2)cc1. The van der Waals surface area contributed by atoms with Crippen molar-refractivity contribution in [3.8, 4) is 0 Å². The average Bonchev–Trinajstić information content (AvgIpc) is 3.38. The van der Waals surface area contributed by atoms with Crippen molar-refractivity contribution in [2.24, 2.45) is 10.2 Å². The summed E-state index contributed by atoms with van der Waals surface area (Å²) in [5, 5.41) is 8.57. The minimum absolute atomic E-state index is 0.337. The first-order valence-electron chi connectivity index (χ1n) is 11.3. The zero-order valence-electron chi connectivity index (χ0n) is 19.0. The molecule has 0 aromatic heterocycles. The summed E-state index contributed by atoms with van der Waals surface area (Å²) in [4.78, 5) is 14.1. The van der Waals surface area contributed by atoms with E-state index in [4.69, 9.17) is 4.74 Å². The number of rotatable bonds is 8. The quantitative estimate of drug-likeness (QED) is 0.232. The zero-order valence-corrected chi connectivity index (χ0v) is 19.0. The number of hydrogen-bond acceptors (Lipinski definition) is 7. The molecule has 0 spiro atoms. The van der Waals surface area contributed by atoms with Crippen LogP contribution in [0.25, 0.3) is 0 Å². The highest BCUT2D eigenvalue weighted by atomic mass is 16.5. The van der Waals surface area contributed by atoms with Gasteiger partial charge in [-0.3, -0.25) is 0 Å². The van der Waals surface area contributed by atoms with Gasteiger partial charge in [0.15, 0.2) is 0 Å². The van der Waals surface area contributed by atoms with Crippen LogP contribution < -0.4 is 15.8 Å². The normalized spacial score (nSPS) is 13.3. The summed E-state index contributed by atoms with van der Waals surface area (Å²) in [6.45, 7) is 6.45. The molecule has 170 valence electrons. The summed E-state index contributed by atoms with van der Waals surface area (Å²) in [5.74, 6) is -0.337. The lowest BCUT2D eigenvalue weighted by Crippen LogP contribution is -2.17.